The molecular formula is C15H13NO5. The van der Waals surface area contributed by atoms with E-state index in [1.165, 1.54) is 24.3 Å². The highest BCUT2D eigenvalue weighted by Gasteiger charge is 2.15. The molecule has 0 aliphatic carbocycles. The van der Waals surface area contributed by atoms with E-state index in [2.05, 4.69) is 5.32 Å². The van der Waals surface area contributed by atoms with Crippen LogP contribution < -0.4 is 5.32 Å². The summed E-state index contributed by atoms with van der Waals surface area (Å²) in [4.78, 5) is 23.1. The Bertz CT molecular complexity index is 724. The van der Waals surface area contributed by atoms with Gasteiger partial charge in [-0.15, -0.1) is 0 Å². The molecule has 0 radical (unpaired) electrons. The van der Waals surface area contributed by atoms with Crippen molar-refractivity contribution in [2.24, 2.45) is 0 Å². The lowest BCUT2D eigenvalue weighted by molar-refractivity contribution is 0.0698. The topological polar surface area (TPSA) is 107 Å². The van der Waals surface area contributed by atoms with Crippen LogP contribution in [0.4, 0.5) is 5.69 Å². The molecule has 0 unspecified atom stereocenters. The van der Waals surface area contributed by atoms with Gasteiger partial charge in [0.15, 0.2) is 0 Å². The first kappa shape index (κ1) is 14.4. The third-order valence-corrected chi connectivity index (χ3v) is 2.95. The van der Waals surface area contributed by atoms with Crippen molar-refractivity contribution in [3.63, 3.8) is 0 Å². The molecule has 2 aromatic rings. The lowest BCUT2D eigenvalue weighted by Gasteiger charge is -2.09. The Balaban J connectivity index is 2.33. The molecule has 4 N–H and O–H groups in total. The van der Waals surface area contributed by atoms with Gasteiger partial charge in [0, 0.05) is 11.6 Å². The molecule has 2 aromatic carbocycles. The summed E-state index contributed by atoms with van der Waals surface area (Å²) in [6.07, 6.45) is 0. The maximum absolute atomic E-state index is 12.1. The van der Waals surface area contributed by atoms with Crippen LogP contribution in [0, 0.1) is 6.92 Å². The number of phenolic OH excluding ortho intramolecular Hbond substituents is 2. The maximum atomic E-state index is 12.1. The van der Waals surface area contributed by atoms with Crippen molar-refractivity contribution in [3.05, 3.63) is 53.1 Å². The molecule has 2 rings (SSSR count). The molecular weight excluding hydrogens is 274 g/mol. The molecule has 0 bridgehead atoms. The van der Waals surface area contributed by atoms with Gasteiger partial charge in [0.05, 0.1) is 11.3 Å². The molecule has 0 aliphatic rings. The predicted octanol–water partition coefficient (Wildman–Crippen LogP) is 2.36. The summed E-state index contributed by atoms with van der Waals surface area (Å²) < 4.78 is 0. The van der Waals surface area contributed by atoms with Gasteiger partial charge in [0.2, 0.25) is 0 Å². The normalized spacial score (nSPS) is 10.1. The number of phenols is 2. The van der Waals surface area contributed by atoms with E-state index >= 15 is 0 Å². The van der Waals surface area contributed by atoms with E-state index in [1.807, 2.05) is 0 Å². The minimum atomic E-state index is -1.22. The molecule has 0 aromatic heterocycles. The number of aryl methyl sites for hydroxylation is 1. The first-order valence-corrected chi connectivity index (χ1v) is 6.06. The molecule has 1 amide bonds. The number of hydrogen-bond donors (Lipinski definition) is 4. The highest BCUT2D eigenvalue weighted by atomic mass is 16.4. The Morgan fingerprint density at radius 1 is 1.05 bits per heavy atom. The van der Waals surface area contributed by atoms with Gasteiger partial charge in [-0.25, -0.2) is 4.79 Å². The van der Waals surface area contributed by atoms with Gasteiger partial charge in [-0.05, 0) is 36.8 Å². The minimum Gasteiger partial charge on any atom is -0.508 e. The lowest BCUT2D eigenvalue weighted by Crippen LogP contribution is -2.14. The SMILES string of the molecule is Cc1ccc(C(=O)Nc2cc(O)ccc2C(=O)O)cc1O. The van der Waals surface area contributed by atoms with Crippen LogP contribution in [0.15, 0.2) is 36.4 Å². The number of carbonyl (C=O) groups is 2. The zero-order chi connectivity index (χ0) is 15.6. The lowest BCUT2D eigenvalue weighted by atomic mass is 10.1. The second-order valence-electron chi connectivity index (χ2n) is 4.49. The first-order chi connectivity index (χ1) is 9.88. The summed E-state index contributed by atoms with van der Waals surface area (Å²) in [7, 11) is 0. The third kappa shape index (κ3) is 3.11. The van der Waals surface area contributed by atoms with Crippen LogP contribution in [-0.4, -0.2) is 27.2 Å². The molecule has 108 valence electrons. The fourth-order valence-corrected chi connectivity index (χ4v) is 1.77. The molecule has 6 heteroatoms. The largest absolute Gasteiger partial charge is 0.508 e. The molecule has 0 aliphatic heterocycles. The number of hydrogen-bond acceptors (Lipinski definition) is 4. The van der Waals surface area contributed by atoms with Gasteiger partial charge in [0.25, 0.3) is 5.91 Å². The zero-order valence-corrected chi connectivity index (χ0v) is 11.1. The van der Waals surface area contributed by atoms with Gasteiger partial charge in [-0.2, -0.15) is 0 Å². The Kier molecular flexibility index (Phi) is 3.80. The molecule has 21 heavy (non-hydrogen) atoms. The van der Waals surface area contributed by atoms with Crippen LogP contribution in [-0.2, 0) is 0 Å². The number of aromatic carboxylic acids is 1. The summed E-state index contributed by atoms with van der Waals surface area (Å²) in [6.45, 7) is 1.69. The van der Waals surface area contributed by atoms with Gasteiger partial charge >= 0.3 is 5.97 Å². The first-order valence-electron chi connectivity index (χ1n) is 6.06. The van der Waals surface area contributed by atoms with Crippen LogP contribution in [0.2, 0.25) is 0 Å². The van der Waals surface area contributed by atoms with E-state index in [0.717, 1.165) is 6.07 Å². The third-order valence-electron chi connectivity index (χ3n) is 2.95. The second kappa shape index (κ2) is 5.54. The van der Waals surface area contributed by atoms with Crippen molar-refractivity contribution in [2.45, 2.75) is 6.92 Å². The molecule has 0 heterocycles. The van der Waals surface area contributed by atoms with E-state index in [-0.39, 0.29) is 28.3 Å². The van der Waals surface area contributed by atoms with Crippen molar-refractivity contribution in [3.8, 4) is 11.5 Å². The van der Waals surface area contributed by atoms with E-state index in [0.29, 0.717) is 5.56 Å². The molecule has 0 atom stereocenters. The number of anilines is 1. The fourth-order valence-electron chi connectivity index (χ4n) is 1.77. The summed E-state index contributed by atoms with van der Waals surface area (Å²) in [6, 6.07) is 7.93. The predicted molar refractivity (Wildman–Crippen MR) is 75.9 cm³/mol. The number of rotatable bonds is 3. The van der Waals surface area contributed by atoms with Crippen LogP contribution in [0.1, 0.15) is 26.3 Å². The zero-order valence-electron chi connectivity index (χ0n) is 11.1. The molecule has 0 spiro atoms. The number of nitrogens with one attached hydrogen (secondary N) is 1. The Morgan fingerprint density at radius 2 is 1.76 bits per heavy atom. The monoisotopic (exact) mass is 287 g/mol. The number of carboxylic acids is 1. The fraction of sp³-hybridized carbons (Fsp3) is 0.0667. The quantitative estimate of drug-likeness (QED) is 0.693. The summed E-state index contributed by atoms with van der Waals surface area (Å²) >= 11 is 0. The van der Waals surface area contributed by atoms with Gasteiger partial charge in [-0.3, -0.25) is 4.79 Å². The van der Waals surface area contributed by atoms with Crippen LogP contribution in [0.5, 0.6) is 11.5 Å². The molecule has 0 fully saturated rings. The number of aromatic hydroxyl groups is 2. The molecule has 6 nitrogen and oxygen atoms in total. The van der Waals surface area contributed by atoms with Crippen LogP contribution >= 0.6 is 0 Å². The van der Waals surface area contributed by atoms with Crippen molar-refractivity contribution >= 4 is 17.6 Å². The number of amides is 1. The highest BCUT2D eigenvalue weighted by Crippen LogP contribution is 2.23. The minimum absolute atomic E-state index is 0.0208. The summed E-state index contributed by atoms with van der Waals surface area (Å²) in [5.74, 6) is -2.01. The summed E-state index contributed by atoms with van der Waals surface area (Å²) in [5.41, 5.74) is 0.637. The van der Waals surface area contributed by atoms with Gasteiger partial charge in [-0.1, -0.05) is 6.07 Å². The standard InChI is InChI=1S/C15H13NO5/c1-8-2-3-9(6-13(8)18)14(19)16-12-7-10(17)4-5-11(12)15(20)21/h2-7,17-18H,1H3,(H,16,19)(H,20,21). The van der Waals surface area contributed by atoms with Crippen molar-refractivity contribution in [1.82, 2.24) is 0 Å². The molecule has 0 saturated heterocycles. The molecule has 0 saturated carbocycles. The highest BCUT2D eigenvalue weighted by molar-refractivity contribution is 6.08. The van der Waals surface area contributed by atoms with Crippen molar-refractivity contribution in [2.75, 3.05) is 5.32 Å². The summed E-state index contributed by atoms with van der Waals surface area (Å²) in [5, 5.41) is 30.4. The van der Waals surface area contributed by atoms with E-state index in [1.54, 1.807) is 13.0 Å². The van der Waals surface area contributed by atoms with E-state index in [4.69, 9.17) is 5.11 Å². The Hall–Kier alpha value is -3.02. The number of carboxylic acid groups (broad SMARTS) is 1. The Labute approximate surface area is 120 Å². The van der Waals surface area contributed by atoms with Crippen LogP contribution in [0.25, 0.3) is 0 Å². The second-order valence-corrected chi connectivity index (χ2v) is 4.49. The number of benzene rings is 2. The number of carbonyl (C=O) groups excluding carboxylic acids is 1. The van der Waals surface area contributed by atoms with Crippen LogP contribution in [0.3, 0.4) is 0 Å². The van der Waals surface area contributed by atoms with E-state index < -0.39 is 11.9 Å². The maximum Gasteiger partial charge on any atom is 0.337 e. The average molecular weight is 287 g/mol. The van der Waals surface area contributed by atoms with Crippen molar-refractivity contribution in [1.29, 1.82) is 0 Å². The average Bonchev–Trinajstić information content (AvgIpc) is 2.41. The van der Waals surface area contributed by atoms with Crippen molar-refractivity contribution < 1.29 is 24.9 Å². The Morgan fingerprint density at radius 3 is 2.38 bits per heavy atom. The van der Waals surface area contributed by atoms with Gasteiger partial charge < -0.3 is 20.6 Å². The smallest absolute Gasteiger partial charge is 0.337 e. The van der Waals surface area contributed by atoms with Gasteiger partial charge in [0.1, 0.15) is 11.5 Å². The van der Waals surface area contributed by atoms with E-state index in [9.17, 15) is 19.8 Å².